The Bertz CT molecular complexity index is 1390. The second-order valence-corrected chi connectivity index (χ2v) is 9.63. The normalized spacial score (nSPS) is 11.5. The van der Waals surface area contributed by atoms with E-state index in [2.05, 4.69) is 15.1 Å². The minimum atomic E-state index is -3.82. The monoisotopic (exact) mass is 478 g/mol. The van der Waals surface area contributed by atoms with E-state index in [0.717, 1.165) is 16.8 Å². The third-order valence-corrected chi connectivity index (χ3v) is 6.54. The Hall–Kier alpha value is -3.76. The van der Waals surface area contributed by atoms with Crippen molar-refractivity contribution in [1.29, 1.82) is 0 Å². The first-order valence-corrected chi connectivity index (χ1v) is 12.3. The molecule has 0 aliphatic heterocycles. The second-order valence-electron chi connectivity index (χ2n) is 8.07. The summed E-state index contributed by atoms with van der Waals surface area (Å²) in [5.74, 6) is 0.352. The molecule has 176 valence electrons. The van der Waals surface area contributed by atoms with Crippen molar-refractivity contribution in [3.05, 3.63) is 95.3 Å². The van der Waals surface area contributed by atoms with Crippen molar-refractivity contribution in [2.45, 2.75) is 24.7 Å². The fraction of sp³-hybridized carbons (Fsp3) is 0.208. The Balaban J connectivity index is 1.63. The van der Waals surface area contributed by atoms with Crippen LogP contribution in [0, 0.1) is 6.92 Å². The van der Waals surface area contributed by atoms with Gasteiger partial charge in [0.25, 0.3) is 5.91 Å². The van der Waals surface area contributed by atoms with Crippen LogP contribution in [-0.4, -0.2) is 52.6 Å². The molecule has 1 amide bonds. The molecule has 0 fully saturated rings. The first-order chi connectivity index (χ1) is 16.2. The lowest BCUT2D eigenvalue weighted by atomic mass is 10.1. The van der Waals surface area contributed by atoms with Crippen LogP contribution in [0.4, 0.5) is 0 Å². The number of primary sulfonamides is 1. The molecule has 0 bridgehead atoms. The highest BCUT2D eigenvalue weighted by Gasteiger charge is 2.21. The number of nitrogens with one attached hydrogen (secondary N) is 1. The van der Waals surface area contributed by atoms with Gasteiger partial charge in [-0.25, -0.2) is 23.2 Å². The summed E-state index contributed by atoms with van der Waals surface area (Å²) in [4.78, 5) is 22.4. The number of carbonyl (C=O) groups excluding carboxylic acids is 1. The van der Waals surface area contributed by atoms with Gasteiger partial charge in [0.15, 0.2) is 0 Å². The fourth-order valence-electron chi connectivity index (χ4n) is 3.63. The number of benzene rings is 2. The minimum absolute atomic E-state index is 0.00272. The van der Waals surface area contributed by atoms with Gasteiger partial charge in [-0.15, -0.1) is 5.10 Å². The number of rotatable bonds is 8. The number of hydrogen-bond acceptors (Lipinski definition) is 5. The number of hydrogen-bond donors (Lipinski definition) is 2. The van der Waals surface area contributed by atoms with Gasteiger partial charge in [-0.1, -0.05) is 30.3 Å². The van der Waals surface area contributed by atoms with Crippen molar-refractivity contribution in [1.82, 2.24) is 24.6 Å². The van der Waals surface area contributed by atoms with Crippen LogP contribution in [0.5, 0.6) is 0 Å². The number of sulfonamides is 1. The molecule has 3 N–H and O–H groups in total. The maximum absolute atomic E-state index is 13.1. The van der Waals surface area contributed by atoms with Gasteiger partial charge in [0.1, 0.15) is 5.82 Å². The molecular weight excluding hydrogens is 452 g/mol. The zero-order valence-electron chi connectivity index (χ0n) is 19.0. The average Bonchev–Trinajstić information content (AvgIpc) is 3.43. The summed E-state index contributed by atoms with van der Waals surface area (Å²) in [5.41, 5.74) is 3.82. The van der Waals surface area contributed by atoms with E-state index in [1.165, 1.54) is 12.1 Å². The maximum Gasteiger partial charge on any atom is 0.293 e. The van der Waals surface area contributed by atoms with Gasteiger partial charge in [-0.05, 0) is 54.8 Å². The minimum Gasteiger partial charge on any atom is -0.365 e. The third-order valence-electron chi connectivity index (χ3n) is 5.61. The first-order valence-electron chi connectivity index (χ1n) is 10.7. The van der Waals surface area contributed by atoms with Crippen LogP contribution < -0.4 is 5.14 Å². The molecule has 0 saturated carbocycles. The van der Waals surface area contributed by atoms with Crippen molar-refractivity contribution < 1.29 is 13.2 Å². The molecule has 9 nitrogen and oxygen atoms in total. The first kappa shape index (κ1) is 23.4. The van der Waals surface area contributed by atoms with E-state index in [4.69, 9.17) is 5.14 Å². The zero-order valence-corrected chi connectivity index (χ0v) is 19.8. The van der Waals surface area contributed by atoms with Crippen LogP contribution >= 0.6 is 0 Å². The second kappa shape index (κ2) is 9.62. The summed E-state index contributed by atoms with van der Waals surface area (Å²) in [6.45, 7) is 2.51. The van der Waals surface area contributed by atoms with Crippen molar-refractivity contribution in [3.8, 4) is 5.69 Å². The highest BCUT2D eigenvalue weighted by molar-refractivity contribution is 7.89. The summed E-state index contributed by atoms with van der Waals surface area (Å²) in [6, 6.07) is 17.7. The lowest BCUT2D eigenvalue weighted by molar-refractivity contribution is 0.0784. The molecule has 4 rings (SSSR count). The van der Waals surface area contributed by atoms with Crippen LogP contribution in [0.2, 0.25) is 0 Å². The van der Waals surface area contributed by atoms with E-state index in [1.54, 1.807) is 28.8 Å². The zero-order chi connectivity index (χ0) is 24.3. The quantitative estimate of drug-likeness (QED) is 0.402. The number of H-pyrrole nitrogens is 1. The summed E-state index contributed by atoms with van der Waals surface area (Å²) < 4.78 is 24.8. The number of likely N-dealkylation sites (N-methyl/N-ethyl adjacent to an activating group) is 1. The van der Waals surface area contributed by atoms with E-state index in [-0.39, 0.29) is 16.6 Å². The molecule has 0 atom stereocenters. The summed E-state index contributed by atoms with van der Waals surface area (Å²) in [6.07, 6.45) is 3.04. The van der Waals surface area contributed by atoms with E-state index in [9.17, 15) is 13.2 Å². The molecule has 2 aromatic heterocycles. The topological polar surface area (TPSA) is 127 Å². The largest absolute Gasteiger partial charge is 0.365 e. The van der Waals surface area contributed by atoms with Crippen LogP contribution in [0.25, 0.3) is 5.69 Å². The predicted octanol–water partition coefficient (Wildman–Crippen LogP) is 2.46. The fourth-order valence-corrected chi connectivity index (χ4v) is 4.14. The van der Waals surface area contributed by atoms with Crippen LogP contribution in [-0.2, 0) is 22.9 Å². The molecular formula is C24H26N6O3S. The van der Waals surface area contributed by atoms with Crippen molar-refractivity contribution in [3.63, 3.8) is 0 Å². The lowest BCUT2D eigenvalue weighted by Gasteiger charge is -2.15. The molecule has 0 aliphatic rings. The smallest absolute Gasteiger partial charge is 0.293 e. The SMILES string of the molecule is Cc1[nH]ccc1CCN(C)C(=O)c1nc(Cc2ccccc2)n(-c2ccc(S(N)(=O)=O)cc2)n1. The van der Waals surface area contributed by atoms with Gasteiger partial charge >= 0.3 is 0 Å². The molecule has 0 spiro atoms. The number of amides is 1. The summed E-state index contributed by atoms with van der Waals surface area (Å²) in [7, 11) is -2.09. The molecule has 0 radical (unpaired) electrons. The number of nitrogens with two attached hydrogens (primary N) is 1. The molecule has 2 aromatic carbocycles. The number of carbonyl (C=O) groups is 1. The molecule has 0 aliphatic carbocycles. The standard InChI is InChI=1S/C24H26N6O3S/c1-17-19(12-14-26-17)13-15-29(2)24(31)23-27-22(16-18-6-4-3-5-7-18)30(28-23)20-8-10-21(11-9-20)34(25,32)33/h3-12,14,26H,13,15-16H2,1-2H3,(H2,25,32,33). The van der Waals surface area contributed by atoms with Crippen molar-refractivity contribution in [2.75, 3.05) is 13.6 Å². The summed E-state index contributed by atoms with van der Waals surface area (Å²) in [5, 5.41) is 9.69. The molecule has 4 aromatic rings. The Kier molecular flexibility index (Phi) is 6.62. The van der Waals surface area contributed by atoms with Gasteiger partial charge in [-0.3, -0.25) is 4.79 Å². The highest BCUT2D eigenvalue weighted by Crippen LogP contribution is 2.17. The molecule has 0 saturated heterocycles. The van der Waals surface area contributed by atoms with E-state index in [0.29, 0.717) is 30.9 Å². The van der Waals surface area contributed by atoms with Gasteiger partial charge in [0, 0.05) is 31.9 Å². The molecule has 34 heavy (non-hydrogen) atoms. The number of aryl methyl sites for hydroxylation is 1. The Morgan fingerprint density at radius 1 is 1.09 bits per heavy atom. The molecule has 2 heterocycles. The van der Waals surface area contributed by atoms with E-state index < -0.39 is 10.0 Å². The third kappa shape index (κ3) is 5.24. The average molecular weight is 479 g/mol. The van der Waals surface area contributed by atoms with Crippen molar-refractivity contribution >= 4 is 15.9 Å². The Morgan fingerprint density at radius 2 is 1.79 bits per heavy atom. The number of aromatic amines is 1. The maximum atomic E-state index is 13.1. The van der Waals surface area contributed by atoms with Gasteiger partial charge in [0.2, 0.25) is 15.8 Å². The van der Waals surface area contributed by atoms with Crippen molar-refractivity contribution in [2.24, 2.45) is 5.14 Å². The van der Waals surface area contributed by atoms with E-state index in [1.807, 2.05) is 49.5 Å². The Labute approximate surface area is 198 Å². The summed E-state index contributed by atoms with van der Waals surface area (Å²) >= 11 is 0. The Morgan fingerprint density at radius 3 is 2.41 bits per heavy atom. The predicted molar refractivity (Wildman–Crippen MR) is 128 cm³/mol. The number of nitrogens with zero attached hydrogens (tertiary/aromatic N) is 4. The van der Waals surface area contributed by atoms with Crippen LogP contribution in [0.1, 0.15) is 33.3 Å². The van der Waals surface area contributed by atoms with Gasteiger partial charge in [-0.2, -0.15) is 0 Å². The van der Waals surface area contributed by atoms with Gasteiger partial charge < -0.3 is 9.88 Å². The molecule has 0 unspecified atom stereocenters. The van der Waals surface area contributed by atoms with Crippen LogP contribution in [0.3, 0.4) is 0 Å². The number of aromatic nitrogens is 4. The van der Waals surface area contributed by atoms with Crippen LogP contribution in [0.15, 0.2) is 71.8 Å². The van der Waals surface area contributed by atoms with Gasteiger partial charge in [0.05, 0.1) is 10.6 Å². The highest BCUT2D eigenvalue weighted by atomic mass is 32.2. The lowest BCUT2D eigenvalue weighted by Crippen LogP contribution is -2.30. The molecule has 10 heteroatoms. The van der Waals surface area contributed by atoms with E-state index >= 15 is 0 Å².